The molecule has 0 amide bonds. The van der Waals surface area contributed by atoms with Gasteiger partial charge in [0.1, 0.15) is 5.01 Å². The third kappa shape index (κ3) is 2.62. The van der Waals surface area contributed by atoms with Crippen LogP contribution in [0.25, 0.3) is 0 Å². The van der Waals surface area contributed by atoms with E-state index in [1.54, 1.807) is 0 Å². The lowest BCUT2D eigenvalue weighted by molar-refractivity contribution is 0.121. The Labute approximate surface area is 101 Å². The van der Waals surface area contributed by atoms with Gasteiger partial charge < -0.3 is 10.1 Å². The van der Waals surface area contributed by atoms with E-state index in [1.165, 1.54) is 29.8 Å². The largest absolute Gasteiger partial charge is 0.374 e. The van der Waals surface area contributed by atoms with Crippen LogP contribution in [0.15, 0.2) is 0 Å². The summed E-state index contributed by atoms with van der Waals surface area (Å²) < 4.78 is 5.54. The van der Waals surface area contributed by atoms with Crippen molar-refractivity contribution < 1.29 is 4.74 Å². The van der Waals surface area contributed by atoms with Gasteiger partial charge in [-0.3, -0.25) is 0 Å². The average Bonchev–Trinajstić information content (AvgIpc) is 2.71. The number of rotatable bonds is 5. The fourth-order valence-electron chi connectivity index (χ4n) is 2.12. The first-order valence-corrected chi connectivity index (χ1v) is 6.90. The summed E-state index contributed by atoms with van der Waals surface area (Å²) in [4.78, 5) is 6.16. The predicted octanol–water partition coefficient (Wildman–Crippen LogP) is 2.67. The summed E-state index contributed by atoms with van der Waals surface area (Å²) in [7, 11) is 2.02. The zero-order chi connectivity index (χ0) is 11.4. The zero-order valence-electron chi connectivity index (χ0n) is 10.1. The first kappa shape index (κ1) is 12.0. The van der Waals surface area contributed by atoms with Crippen LogP contribution in [0.2, 0.25) is 0 Å². The Balaban J connectivity index is 2.03. The SMILES string of the molecule is CCCOCc1nc2c(s1)CCCC2NC. The monoisotopic (exact) mass is 240 g/mol. The minimum Gasteiger partial charge on any atom is -0.374 e. The van der Waals surface area contributed by atoms with E-state index in [0.717, 1.165) is 18.0 Å². The molecule has 0 radical (unpaired) electrons. The number of hydrogen-bond acceptors (Lipinski definition) is 4. The van der Waals surface area contributed by atoms with Crippen LogP contribution in [0.5, 0.6) is 0 Å². The van der Waals surface area contributed by atoms with Crippen LogP contribution in [0.3, 0.4) is 0 Å². The molecule has 3 nitrogen and oxygen atoms in total. The van der Waals surface area contributed by atoms with E-state index in [2.05, 4.69) is 12.2 Å². The molecule has 90 valence electrons. The predicted molar refractivity (Wildman–Crippen MR) is 66.8 cm³/mol. The van der Waals surface area contributed by atoms with Crippen LogP contribution < -0.4 is 5.32 Å². The van der Waals surface area contributed by atoms with E-state index in [9.17, 15) is 0 Å². The number of fused-ring (bicyclic) bond motifs is 1. The van der Waals surface area contributed by atoms with Crippen LogP contribution >= 0.6 is 11.3 Å². The third-order valence-corrected chi connectivity index (χ3v) is 4.03. The summed E-state index contributed by atoms with van der Waals surface area (Å²) in [6.07, 6.45) is 4.75. The number of thiazole rings is 1. The highest BCUT2D eigenvalue weighted by molar-refractivity contribution is 7.11. The number of nitrogens with one attached hydrogen (secondary N) is 1. The standard InChI is InChI=1S/C12H20N2OS/c1-3-7-15-8-11-14-12-9(13-2)5-4-6-10(12)16-11/h9,13H,3-8H2,1-2H3. The smallest absolute Gasteiger partial charge is 0.119 e. The topological polar surface area (TPSA) is 34.1 Å². The Morgan fingerprint density at radius 2 is 2.44 bits per heavy atom. The number of aryl methyl sites for hydroxylation is 1. The first-order valence-electron chi connectivity index (χ1n) is 6.08. The van der Waals surface area contributed by atoms with Gasteiger partial charge in [0.2, 0.25) is 0 Å². The van der Waals surface area contributed by atoms with E-state index in [4.69, 9.17) is 9.72 Å². The minimum atomic E-state index is 0.458. The quantitative estimate of drug-likeness (QED) is 0.803. The molecular weight excluding hydrogens is 220 g/mol. The molecule has 1 N–H and O–H groups in total. The molecule has 1 aromatic rings. The lowest BCUT2D eigenvalue weighted by Crippen LogP contribution is -2.21. The van der Waals surface area contributed by atoms with Crippen LogP contribution in [0.1, 0.15) is 47.8 Å². The van der Waals surface area contributed by atoms with E-state index in [0.29, 0.717) is 12.6 Å². The maximum atomic E-state index is 5.54. The average molecular weight is 240 g/mol. The molecular formula is C12H20N2OS. The van der Waals surface area contributed by atoms with Crippen LogP contribution in [0, 0.1) is 0 Å². The fraction of sp³-hybridized carbons (Fsp3) is 0.750. The second-order valence-electron chi connectivity index (χ2n) is 4.20. The van der Waals surface area contributed by atoms with Crippen molar-refractivity contribution in [3.8, 4) is 0 Å². The molecule has 1 heterocycles. The van der Waals surface area contributed by atoms with Crippen molar-refractivity contribution >= 4 is 11.3 Å². The van der Waals surface area contributed by atoms with Crippen LogP contribution in [-0.2, 0) is 17.8 Å². The highest BCUT2D eigenvalue weighted by atomic mass is 32.1. The lowest BCUT2D eigenvalue weighted by Gasteiger charge is -2.19. The molecule has 16 heavy (non-hydrogen) atoms. The van der Waals surface area contributed by atoms with E-state index < -0.39 is 0 Å². The number of ether oxygens (including phenoxy) is 1. The second kappa shape index (κ2) is 5.75. The van der Waals surface area contributed by atoms with Gasteiger partial charge in [-0.1, -0.05) is 6.92 Å². The van der Waals surface area contributed by atoms with E-state index in [-0.39, 0.29) is 0 Å². The molecule has 2 rings (SSSR count). The summed E-state index contributed by atoms with van der Waals surface area (Å²) in [6, 6.07) is 0.458. The van der Waals surface area contributed by atoms with Crippen molar-refractivity contribution in [1.29, 1.82) is 0 Å². The molecule has 0 aliphatic heterocycles. The number of aromatic nitrogens is 1. The van der Waals surface area contributed by atoms with E-state index >= 15 is 0 Å². The summed E-state index contributed by atoms with van der Waals surface area (Å²) >= 11 is 1.83. The third-order valence-electron chi connectivity index (χ3n) is 2.92. The Morgan fingerprint density at radius 3 is 3.19 bits per heavy atom. The van der Waals surface area contributed by atoms with E-state index in [1.807, 2.05) is 18.4 Å². The molecule has 4 heteroatoms. The second-order valence-corrected chi connectivity index (χ2v) is 5.37. The molecule has 0 bridgehead atoms. The number of hydrogen-bond donors (Lipinski definition) is 1. The Morgan fingerprint density at radius 1 is 1.56 bits per heavy atom. The fourth-order valence-corrected chi connectivity index (χ4v) is 3.22. The van der Waals surface area contributed by atoms with Gasteiger partial charge in [-0.15, -0.1) is 11.3 Å². The highest BCUT2D eigenvalue weighted by Gasteiger charge is 2.23. The first-order chi connectivity index (χ1) is 7.85. The zero-order valence-corrected chi connectivity index (χ0v) is 10.9. The van der Waals surface area contributed by atoms with Gasteiger partial charge >= 0.3 is 0 Å². The van der Waals surface area contributed by atoms with Gasteiger partial charge in [0.25, 0.3) is 0 Å². The van der Waals surface area contributed by atoms with Crippen molar-refractivity contribution in [3.05, 3.63) is 15.6 Å². The van der Waals surface area contributed by atoms with Crippen LogP contribution in [-0.4, -0.2) is 18.6 Å². The van der Waals surface area contributed by atoms with Gasteiger partial charge in [0, 0.05) is 11.5 Å². The van der Waals surface area contributed by atoms with Crippen LogP contribution in [0.4, 0.5) is 0 Å². The van der Waals surface area contributed by atoms with Crippen molar-refractivity contribution in [2.24, 2.45) is 0 Å². The molecule has 0 aromatic carbocycles. The summed E-state index contributed by atoms with van der Waals surface area (Å²) in [5, 5.41) is 4.48. The Hall–Kier alpha value is -0.450. The van der Waals surface area contributed by atoms with Crippen molar-refractivity contribution in [2.45, 2.75) is 45.3 Å². The maximum absolute atomic E-state index is 5.54. The molecule has 1 atom stereocenters. The molecule has 0 fully saturated rings. The van der Waals surface area contributed by atoms with Gasteiger partial charge in [0.05, 0.1) is 18.3 Å². The molecule has 1 unspecified atom stereocenters. The van der Waals surface area contributed by atoms with Gasteiger partial charge in [0.15, 0.2) is 0 Å². The lowest BCUT2D eigenvalue weighted by atomic mass is 9.98. The normalized spacial score (nSPS) is 19.8. The van der Waals surface area contributed by atoms with Crippen molar-refractivity contribution in [2.75, 3.05) is 13.7 Å². The van der Waals surface area contributed by atoms with Gasteiger partial charge in [-0.05, 0) is 32.7 Å². The molecule has 1 aliphatic carbocycles. The molecule has 1 aliphatic rings. The Bertz CT molecular complexity index is 338. The molecule has 0 spiro atoms. The van der Waals surface area contributed by atoms with Gasteiger partial charge in [-0.25, -0.2) is 4.98 Å². The maximum Gasteiger partial charge on any atom is 0.119 e. The summed E-state index contributed by atoms with van der Waals surface area (Å²) in [5.41, 5.74) is 1.27. The molecule has 1 aromatic heterocycles. The molecule has 0 saturated heterocycles. The van der Waals surface area contributed by atoms with Crippen molar-refractivity contribution in [1.82, 2.24) is 10.3 Å². The highest BCUT2D eigenvalue weighted by Crippen LogP contribution is 2.33. The number of nitrogens with zero attached hydrogens (tertiary/aromatic N) is 1. The summed E-state index contributed by atoms with van der Waals surface area (Å²) in [5.74, 6) is 0. The minimum absolute atomic E-state index is 0.458. The summed E-state index contributed by atoms with van der Waals surface area (Å²) in [6.45, 7) is 3.64. The molecule has 0 saturated carbocycles. The van der Waals surface area contributed by atoms with Crippen molar-refractivity contribution in [3.63, 3.8) is 0 Å². The Kier molecular flexibility index (Phi) is 4.32. The van der Waals surface area contributed by atoms with Gasteiger partial charge in [-0.2, -0.15) is 0 Å².